The summed E-state index contributed by atoms with van der Waals surface area (Å²) in [5.74, 6) is -1.40. The zero-order valence-corrected chi connectivity index (χ0v) is 17.1. The van der Waals surface area contributed by atoms with E-state index < -0.39 is 12.5 Å². The predicted octanol–water partition coefficient (Wildman–Crippen LogP) is -0.266. The Labute approximate surface area is 163 Å². The Balaban J connectivity index is 0. The van der Waals surface area contributed by atoms with Gasteiger partial charge in [-0.15, -0.1) is 0 Å². The number of nitrogens with zero attached hydrogens (tertiary/aromatic N) is 1. The molecule has 0 aromatic rings. The minimum absolute atomic E-state index is 0. The molecule has 0 heterocycles. The topological polar surface area (TPSA) is 84.8 Å². The maximum absolute atomic E-state index is 11.2. The van der Waals surface area contributed by atoms with Crippen LogP contribution >= 0.6 is 0 Å². The van der Waals surface area contributed by atoms with Crippen LogP contribution in [0.4, 0.5) is 0 Å². The maximum atomic E-state index is 11.2. The van der Waals surface area contributed by atoms with Gasteiger partial charge in [0, 0.05) is 0 Å². The van der Waals surface area contributed by atoms with E-state index in [1.807, 2.05) is 0 Å². The molecule has 0 aliphatic heterocycles. The number of aliphatic imine (C=N–C) groups is 1. The van der Waals surface area contributed by atoms with E-state index in [0.29, 0.717) is 6.54 Å². The molecule has 0 aliphatic carbocycles. The molecule has 0 radical (unpaired) electrons. The van der Waals surface area contributed by atoms with Gasteiger partial charge in [-0.05, 0) is 31.8 Å². The molecular formula is C17H33N2NaO3. The molecule has 0 aromatic carbocycles. The van der Waals surface area contributed by atoms with Crippen molar-refractivity contribution in [3.63, 3.8) is 0 Å². The van der Waals surface area contributed by atoms with Gasteiger partial charge in [0.05, 0.1) is 0 Å². The monoisotopic (exact) mass is 336 g/mol. The zero-order chi connectivity index (χ0) is 16.5. The van der Waals surface area contributed by atoms with E-state index in [-0.39, 0.29) is 41.9 Å². The van der Waals surface area contributed by atoms with Crippen molar-refractivity contribution in [3.8, 4) is 0 Å². The molecule has 0 fully saturated rings. The van der Waals surface area contributed by atoms with Gasteiger partial charge in [0.15, 0.2) is 0 Å². The number of rotatable bonds is 16. The van der Waals surface area contributed by atoms with Crippen molar-refractivity contribution in [2.45, 2.75) is 77.6 Å². The van der Waals surface area contributed by atoms with E-state index in [4.69, 9.17) is 5.11 Å². The summed E-state index contributed by atoms with van der Waals surface area (Å²) in [6.07, 6.45) is 13.5. The molecule has 0 atom stereocenters. The van der Waals surface area contributed by atoms with Gasteiger partial charge < -0.3 is 15.5 Å². The van der Waals surface area contributed by atoms with Crippen LogP contribution in [0.15, 0.2) is 4.99 Å². The second kappa shape index (κ2) is 19.9. The first-order chi connectivity index (χ1) is 10.7. The fourth-order valence-electron chi connectivity index (χ4n) is 2.29. The fraction of sp³-hybridized carbons (Fsp3) is 0.882. The molecule has 0 spiro atoms. The number of hydrogen-bond acceptors (Lipinski definition) is 4. The van der Waals surface area contributed by atoms with Crippen LogP contribution in [0.25, 0.3) is 0 Å². The first-order valence-electron chi connectivity index (χ1n) is 8.79. The average Bonchev–Trinajstić information content (AvgIpc) is 2.49. The molecule has 130 valence electrons. The molecule has 0 saturated carbocycles. The summed E-state index contributed by atoms with van der Waals surface area (Å²) in [4.78, 5) is 13.7. The Morgan fingerprint density at radius 2 is 1.48 bits per heavy atom. The SMILES string of the molecule is CCCCCCCCCCCCNCCC([O-])=NCC(=O)O.[Na+]. The molecule has 0 aromatic heterocycles. The van der Waals surface area contributed by atoms with Crippen LogP contribution in [0.1, 0.15) is 77.6 Å². The Morgan fingerprint density at radius 3 is 2.00 bits per heavy atom. The molecule has 0 aliphatic rings. The van der Waals surface area contributed by atoms with Crippen molar-refractivity contribution in [1.82, 2.24) is 5.32 Å². The molecule has 23 heavy (non-hydrogen) atoms. The Bertz CT molecular complexity index is 300. The van der Waals surface area contributed by atoms with Crippen LogP contribution in [-0.4, -0.2) is 36.6 Å². The maximum Gasteiger partial charge on any atom is 1.00 e. The normalized spacial score (nSPS) is 11.3. The van der Waals surface area contributed by atoms with Crippen molar-refractivity contribution in [2.75, 3.05) is 19.6 Å². The second-order valence-corrected chi connectivity index (χ2v) is 5.79. The van der Waals surface area contributed by atoms with Gasteiger partial charge in [-0.2, -0.15) is 0 Å². The Hall–Kier alpha value is -0.100. The van der Waals surface area contributed by atoms with Crippen molar-refractivity contribution >= 4 is 11.9 Å². The molecule has 0 amide bonds. The van der Waals surface area contributed by atoms with E-state index in [1.54, 1.807) is 0 Å². The quantitative estimate of drug-likeness (QED) is 0.176. The summed E-state index contributed by atoms with van der Waals surface area (Å²) in [6, 6.07) is 0. The predicted molar refractivity (Wildman–Crippen MR) is 89.3 cm³/mol. The summed E-state index contributed by atoms with van der Waals surface area (Å²) >= 11 is 0. The first kappa shape index (κ1) is 25.1. The minimum Gasteiger partial charge on any atom is -0.862 e. The summed E-state index contributed by atoms with van der Waals surface area (Å²) in [5.41, 5.74) is 0. The van der Waals surface area contributed by atoms with Gasteiger partial charge in [-0.25, -0.2) is 0 Å². The number of unbranched alkanes of at least 4 members (excludes halogenated alkanes) is 9. The van der Waals surface area contributed by atoms with E-state index in [0.717, 1.165) is 13.0 Å². The van der Waals surface area contributed by atoms with E-state index in [9.17, 15) is 9.90 Å². The van der Waals surface area contributed by atoms with Crippen LogP contribution in [0.2, 0.25) is 0 Å². The van der Waals surface area contributed by atoms with E-state index in [1.165, 1.54) is 57.8 Å². The molecule has 0 saturated heterocycles. The largest absolute Gasteiger partial charge is 1.00 e. The van der Waals surface area contributed by atoms with Crippen molar-refractivity contribution in [3.05, 3.63) is 0 Å². The van der Waals surface area contributed by atoms with Crippen molar-refractivity contribution in [1.29, 1.82) is 0 Å². The van der Waals surface area contributed by atoms with E-state index >= 15 is 0 Å². The van der Waals surface area contributed by atoms with Crippen LogP contribution in [-0.2, 0) is 4.79 Å². The summed E-state index contributed by atoms with van der Waals surface area (Å²) in [5, 5.41) is 22.8. The smallest absolute Gasteiger partial charge is 0.862 e. The van der Waals surface area contributed by atoms with Gasteiger partial charge in [0.2, 0.25) is 0 Å². The number of aliphatic carboxylic acids is 1. The van der Waals surface area contributed by atoms with Crippen molar-refractivity contribution in [2.24, 2.45) is 4.99 Å². The van der Waals surface area contributed by atoms with E-state index in [2.05, 4.69) is 17.2 Å². The fourth-order valence-corrected chi connectivity index (χ4v) is 2.29. The molecule has 5 nitrogen and oxygen atoms in total. The number of carboxylic acids is 1. The van der Waals surface area contributed by atoms with Crippen LogP contribution in [0, 0.1) is 0 Å². The zero-order valence-electron chi connectivity index (χ0n) is 15.1. The van der Waals surface area contributed by atoms with Crippen LogP contribution in [0.3, 0.4) is 0 Å². The second-order valence-electron chi connectivity index (χ2n) is 5.79. The number of nitrogens with one attached hydrogen (secondary N) is 1. The summed E-state index contributed by atoms with van der Waals surface area (Å²) in [7, 11) is 0. The minimum atomic E-state index is -1.06. The van der Waals surface area contributed by atoms with Crippen molar-refractivity contribution < 1.29 is 44.6 Å². The molecule has 0 bridgehead atoms. The number of hydrogen-bond donors (Lipinski definition) is 2. The molecule has 0 unspecified atom stereocenters. The van der Waals surface area contributed by atoms with Gasteiger partial charge >= 0.3 is 35.5 Å². The standard InChI is InChI=1S/C17H34N2O3.Na/c1-2-3-4-5-6-7-8-9-10-11-13-18-14-12-16(20)19-15-17(21)22;/h18H,2-15H2,1H3,(H,19,20)(H,21,22);/q;+1/p-1. The molecule has 6 heteroatoms. The third kappa shape index (κ3) is 21.9. The molecule has 2 N–H and O–H groups in total. The Kier molecular flexibility index (Phi) is 21.8. The van der Waals surface area contributed by atoms with Crippen LogP contribution in [0.5, 0.6) is 0 Å². The number of carboxylic acid groups (broad SMARTS) is 1. The summed E-state index contributed by atoms with van der Waals surface area (Å²) in [6.45, 7) is 3.33. The molecule has 0 rings (SSSR count). The number of carbonyl (C=O) groups is 1. The Morgan fingerprint density at radius 1 is 0.957 bits per heavy atom. The molecular weight excluding hydrogens is 303 g/mol. The van der Waals surface area contributed by atoms with Gasteiger partial charge in [0.25, 0.3) is 0 Å². The van der Waals surface area contributed by atoms with Gasteiger partial charge in [0.1, 0.15) is 6.54 Å². The summed E-state index contributed by atoms with van der Waals surface area (Å²) < 4.78 is 0. The third-order valence-electron chi connectivity index (χ3n) is 3.61. The van der Waals surface area contributed by atoms with Gasteiger partial charge in [-0.1, -0.05) is 64.7 Å². The average molecular weight is 336 g/mol. The first-order valence-corrected chi connectivity index (χ1v) is 8.79. The van der Waals surface area contributed by atoms with Crippen LogP contribution < -0.4 is 40.0 Å². The third-order valence-corrected chi connectivity index (χ3v) is 3.61. The van der Waals surface area contributed by atoms with Gasteiger partial charge in [-0.3, -0.25) is 9.79 Å².